The lowest BCUT2D eigenvalue weighted by atomic mass is 10.1. The molecule has 0 aliphatic heterocycles. The zero-order valence-corrected chi connectivity index (χ0v) is 10.8. The molecule has 1 atom stereocenters. The average Bonchev–Trinajstić information content (AvgIpc) is 2.71. The van der Waals surface area contributed by atoms with Gasteiger partial charge in [-0.25, -0.2) is 4.98 Å². The van der Waals surface area contributed by atoms with Gasteiger partial charge in [-0.15, -0.1) is 0 Å². The highest BCUT2D eigenvalue weighted by atomic mass is 79.9. The van der Waals surface area contributed by atoms with Crippen LogP contribution >= 0.6 is 15.9 Å². The van der Waals surface area contributed by atoms with Crippen molar-refractivity contribution in [1.29, 1.82) is 0 Å². The zero-order chi connectivity index (χ0) is 11.5. The molecule has 0 aliphatic rings. The molecule has 16 heavy (non-hydrogen) atoms. The predicted octanol–water partition coefficient (Wildman–Crippen LogP) is 3.78. The molecule has 4 heteroatoms. The van der Waals surface area contributed by atoms with Crippen LogP contribution in [0.1, 0.15) is 38.1 Å². The van der Waals surface area contributed by atoms with Crippen molar-refractivity contribution >= 4 is 27.0 Å². The lowest BCUT2D eigenvalue weighted by molar-refractivity contribution is 0.449. The van der Waals surface area contributed by atoms with Crippen LogP contribution in [0.2, 0.25) is 0 Å². The quantitative estimate of drug-likeness (QED) is 0.929. The summed E-state index contributed by atoms with van der Waals surface area (Å²) < 4.78 is 6.60. The summed E-state index contributed by atoms with van der Waals surface area (Å²) >= 11 is 3.44. The minimum atomic E-state index is -0.0979. The van der Waals surface area contributed by atoms with Crippen molar-refractivity contribution in [2.24, 2.45) is 5.73 Å². The zero-order valence-electron chi connectivity index (χ0n) is 9.24. The third-order valence-corrected chi connectivity index (χ3v) is 3.19. The van der Waals surface area contributed by atoms with Crippen LogP contribution < -0.4 is 5.73 Å². The second-order valence-electron chi connectivity index (χ2n) is 3.89. The second-order valence-corrected chi connectivity index (χ2v) is 4.74. The van der Waals surface area contributed by atoms with Crippen LogP contribution in [-0.4, -0.2) is 4.98 Å². The van der Waals surface area contributed by atoms with E-state index in [1.165, 1.54) is 0 Å². The van der Waals surface area contributed by atoms with Crippen LogP contribution in [0.15, 0.2) is 27.1 Å². The van der Waals surface area contributed by atoms with Crippen LogP contribution in [0, 0.1) is 0 Å². The molecule has 3 nitrogen and oxygen atoms in total. The maximum absolute atomic E-state index is 6.02. The van der Waals surface area contributed by atoms with Crippen molar-refractivity contribution < 1.29 is 4.42 Å². The Balaban J connectivity index is 2.29. The first-order chi connectivity index (χ1) is 7.72. The molecule has 0 saturated carbocycles. The molecule has 86 valence electrons. The van der Waals surface area contributed by atoms with E-state index in [1.54, 1.807) is 0 Å². The third kappa shape index (κ3) is 2.28. The number of nitrogens with two attached hydrogens (primary N) is 1. The van der Waals surface area contributed by atoms with E-state index in [1.807, 2.05) is 18.2 Å². The molecule has 1 aromatic carbocycles. The molecule has 1 unspecified atom stereocenters. The van der Waals surface area contributed by atoms with Gasteiger partial charge in [-0.1, -0.05) is 25.8 Å². The number of oxazole rings is 1. The highest BCUT2D eigenvalue weighted by Gasteiger charge is 2.14. The number of fused-ring (bicyclic) bond motifs is 1. The standard InChI is InChI=1S/C12H15BrN2O/c1-2-3-6-9(14)12-15-10-7-4-5-8(13)11(10)16-12/h4-5,7,9H,2-3,6,14H2,1H3. The Labute approximate surface area is 103 Å². The largest absolute Gasteiger partial charge is 0.438 e. The number of nitrogens with zero attached hydrogens (tertiary/aromatic N) is 1. The van der Waals surface area contributed by atoms with Crippen LogP contribution in [0.25, 0.3) is 11.1 Å². The van der Waals surface area contributed by atoms with Crippen molar-refractivity contribution in [3.05, 3.63) is 28.6 Å². The van der Waals surface area contributed by atoms with Gasteiger partial charge in [0.2, 0.25) is 5.89 Å². The molecule has 2 rings (SSSR count). The number of hydrogen-bond acceptors (Lipinski definition) is 3. The lowest BCUT2D eigenvalue weighted by Crippen LogP contribution is -2.10. The van der Waals surface area contributed by atoms with Gasteiger partial charge in [0, 0.05) is 0 Å². The Morgan fingerprint density at radius 2 is 2.31 bits per heavy atom. The number of benzene rings is 1. The van der Waals surface area contributed by atoms with Crippen molar-refractivity contribution in [1.82, 2.24) is 4.98 Å². The number of hydrogen-bond donors (Lipinski definition) is 1. The minimum absolute atomic E-state index is 0.0979. The minimum Gasteiger partial charge on any atom is -0.438 e. The summed E-state index contributed by atoms with van der Waals surface area (Å²) in [5.41, 5.74) is 7.66. The van der Waals surface area contributed by atoms with Crippen LogP contribution in [0.4, 0.5) is 0 Å². The van der Waals surface area contributed by atoms with Crippen molar-refractivity contribution in [2.45, 2.75) is 32.2 Å². The van der Waals surface area contributed by atoms with Gasteiger partial charge in [0.15, 0.2) is 5.58 Å². The Morgan fingerprint density at radius 1 is 1.50 bits per heavy atom. The Bertz CT molecular complexity index is 481. The first-order valence-electron chi connectivity index (χ1n) is 5.53. The SMILES string of the molecule is CCCCC(N)c1nc2cccc(Br)c2o1. The maximum atomic E-state index is 6.02. The van der Waals surface area contributed by atoms with E-state index < -0.39 is 0 Å². The maximum Gasteiger partial charge on any atom is 0.212 e. The smallest absolute Gasteiger partial charge is 0.212 e. The molecule has 0 saturated heterocycles. The summed E-state index contributed by atoms with van der Waals surface area (Å²) in [6.45, 7) is 2.15. The van der Waals surface area contributed by atoms with Gasteiger partial charge in [0.05, 0.1) is 10.5 Å². The van der Waals surface area contributed by atoms with Gasteiger partial charge in [-0.2, -0.15) is 0 Å². The van der Waals surface area contributed by atoms with E-state index in [9.17, 15) is 0 Å². The van der Waals surface area contributed by atoms with Gasteiger partial charge < -0.3 is 10.2 Å². The first kappa shape index (κ1) is 11.6. The molecule has 0 spiro atoms. The number of aromatic nitrogens is 1. The topological polar surface area (TPSA) is 52.0 Å². The predicted molar refractivity (Wildman–Crippen MR) is 68.2 cm³/mol. The van der Waals surface area contributed by atoms with Gasteiger partial charge in [0.1, 0.15) is 5.52 Å². The molecule has 0 amide bonds. The summed E-state index contributed by atoms with van der Waals surface area (Å²) in [4.78, 5) is 4.40. The average molecular weight is 283 g/mol. The van der Waals surface area contributed by atoms with Gasteiger partial charge >= 0.3 is 0 Å². The van der Waals surface area contributed by atoms with Crippen LogP contribution in [-0.2, 0) is 0 Å². The summed E-state index contributed by atoms with van der Waals surface area (Å²) in [5.74, 6) is 0.635. The number of unbranched alkanes of at least 4 members (excludes halogenated alkanes) is 1. The van der Waals surface area contributed by atoms with E-state index in [4.69, 9.17) is 10.2 Å². The molecule has 0 bridgehead atoms. The summed E-state index contributed by atoms with van der Waals surface area (Å²) in [6, 6.07) is 5.71. The molecule has 0 aliphatic carbocycles. The molecular weight excluding hydrogens is 268 g/mol. The summed E-state index contributed by atoms with van der Waals surface area (Å²) in [6.07, 6.45) is 3.15. The summed E-state index contributed by atoms with van der Waals surface area (Å²) in [7, 11) is 0. The van der Waals surface area contributed by atoms with Crippen LogP contribution in [0.3, 0.4) is 0 Å². The fourth-order valence-corrected chi connectivity index (χ4v) is 2.08. The van der Waals surface area contributed by atoms with Gasteiger partial charge in [-0.3, -0.25) is 0 Å². The van der Waals surface area contributed by atoms with E-state index in [-0.39, 0.29) is 6.04 Å². The fourth-order valence-electron chi connectivity index (χ4n) is 1.64. The summed E-state index contributed by atoms with van der Waals surface area (Å²) in [5, 5.41) is 0. The van der Waals surface area contributed by atoms with Gasteiger partial charge in [-0.05, 0) is 34.5 Å². The van der Waals surface area contributed by atoms with Crippen molar-refractivity contribution in [3.63, 3.8) is 0 Å². The second kappa shape index (κ2) is 4.97. The number of rotatable bonds is 4. The molecule has 1 heterocycles. The van der Waals surface area contributed by atoms with Crippen molar-refractivity contribution in [2.75, 3.05) is 0 Å². The molecule has 0 fully saturated rings. The van der Waals surface area contributed by atoms with E-state index in [0.29, 0.717) is 5.89 Å². The van der Waals surface area contributed by atoms with Crippen LogP contribution in [0.5, 0.6) is 0 Å². The molecule has 1 aromatic heterocycles. The third-order valence-electron chi connectivity index (χ3n) is 2.57. The highest BCUT2D eigenvalue weighted by molar-refractivity contribution is 9.10. The Kier molecular flexibility index (Phi) is 3.61. The van der Waals surface area contributed by atoms with E-state index >= 15 is 0 Å². The lowest BCUT2D eigenvalue weighted by Gasteiger charge is -2.04. The Hall–Kier alpha value is -0.870. The number of halogens is 1. The molecule has 0 radical (unpaired) electrons. The first-order valence-corrected chi connectivity index (χ1v) is 6.32. The highest BCUT2D eigenvalue weighted by Crippen LogP contribution is 2.27. The number of para-hydroxylation sites is 1. The molecule has 2 N–H and O–H groups in total. The van der Waals surface area contributed by atoms with E-state index in [2.05, 4.69) is 27.8 Å². The molecule has 2 aromatic rings. The van der Waals surface area contributed by atoms with E-state index in [0.717, 1.165) is 34.8 Å². The molecular formula is C12H15BrN2O. The fraction of sp³-hybridized carbons (Fsp3) is 0.417. The Morgan fingerprint density at radius 3 is 3.00 bits per heavy atom. The van der Waals surface area contributed by atoms with Gasteiger partial charge in [0.25, 0.3) is 0 Å². The normalized spacial score (nSPS) is 13.2. The monoisotopic (exact) mass is 282 g/mol. The van der Waals surface area contributed by atoms with Crippen molar-refractivity contribution in [3.8, 4) is 0 Å².